The average molecular weight is 378 g/mol. The van der Waals surface area contributed by atoms with Gasteiger partial charge in [0.25, 0.3) is 0 Å². The van der Waals surface area contributed by atoms with Gasteiger partial charge in [0, 0.05) is 21.5 Å². The Balaban J connectivity index is 2.30. The molecule has 0 amide bonds. The molecule has 0 bridgehead atoms. The van der Waals surface area contributed by atoms with E-state index >= 15 is 0 Å². The molecule has 0 saturated heterocycles. The number of rotatable bonds is 1. The summed E-state index contributed by atoms with van der Waals surface area (Å²) in [5, 5.41) is 6.41. The van der Waals surface area contributed by atoms with Crippen molar-refractivity contribution in [1.82, 2.24) is 4.40 Å². The zero-order valence-corrected chi connectivity index (χ0v) is 18.2. The molecule has 5 aromatic rings. The van der Waals surface area contributed by atoms with Gasteiger partial charge in [0.15, 0.2) is 0 Å². The van der Waals surface area contributed by atoms with Crippen LogP contribution in [-0.2, 0) is 0 Å². The standard InChI is InChI=1S/C28H27N/c1-8-9-21-11-12-22-26-18(5)15(2)10-13-23(26)29-27-17(4)14-16(3)19(6)24(27)20(7)25(21)28(22)29/h8-14H,7H2,1-6H3/b9-8-. The minimum absolute atomic E-state index is 1.15. The number of aromatic nitrogens is 1. The second-order valence-electron chi connectivity index (χ2n) is 8.50. The quantitative estimate of drug-likeness (QED) is 0.274. The maximum absolute atomic E-state index is 4.63. The van der Waals surface area contributed by atoms with Crippen LogP contribution in [0.2, 0.25) is 0 Å². The molecule has 0 atom stereocenters. The van der Waals surface area contributed by atoms with Gasteiger partial charge in [-0.2, -0.15) is 0 Å². The van der Waals surface area contributed by atoms with Crippen molar-refractivity contribution in [1.29, 1.82) is 0 Å². The highest BCUT2D eigenvalue weighted by Gasteiger charge is 2.20. The summed E-state index contributed by atoms with van der Waals surface area (Å²) in [7, 11) is 0. The lowest BCUT2D eigenvalue weighted by atomic mass is 9.94. The van der Waals surface area contributed by atoms with Gasteiger partial charge in [-0.25, -0.2) is 0 Å². The van der Waals surface area contributed by atoms with Gasteiger partial charge in [-0.05, 0) is 86.2 Å². The summed E-state index contributed by atoms with van der Waals surface area (Å²) in [6.45, 7) is 17.8. The van der Waals surface area contributed by atoms with Gasteiger partial charge in [0.05, 0.1) is 16.6 Å². The number of hydrogen-bond donors (Lipinski definition) is 0. The summed E-state index contributed by atoms with van der Waals surface area (Å²) in [6.07, 6.45) is 4.33. The van der Waals surface area contributed by atoms with Crippen molar-refractivity contribution in [3.05, 3.63) is 75.0 Å². The summed E-state index contributed by atoms with van der Waals surface area (Å²) in [6, 6.07) is 11.4. The molecule has 0 saturated carbocycles. The van der Waals surface area contributed by atoms with Crippen LogP contribution in [0.5, 0.6) is 0 Å². The van der Waals surface area contributed by atoms with Crippen LogP contribution in [0.3, 0.4) is 0 Å². The summed E-state index contributed by atoms with van der Waals surface area (Å²) in [5.41, 5.74) is 11.8. The molecule has 2 aromatic heterocycles. The second kappa shape index (κ2) is 5.97. The summed E-state index contributed by atoms with van der Waals surface area (Å²) in [4.78, 5) is 0. The fourth-order valence-corrected chi connectivity index (χ4v) is 5.21. The normalized spacial score (nSPS) is 12.5. The molecule has 0 aliphatic heterocycles. The van der Waals surface area contributed by atoms with Crippen molar-refractivity contribution in [3.8, 4) is 0 Å². The van der Waals surface area contributed by atoms with E-state index in [4.69, 9.17) is 0 Å². The number of nitrogens with zero attached hydrogens (tertiary/aromatic N) is 1. The Kier molecular flexibility index (Phi) is 3.70. The highest BCUT2D eigenvalue weighted by Crippen LogP contribution is 2.39. The van der Waals surface area contributed by atoms with E-state index in [-0.39, 0.29) is 0 Å². The second-order valence-corrected chi connectivity index (χ2v) is 8.50. The van der Waals surface area contributed by atoms with E-state index in [0.29, 0.717) is 0 Å². The molecule has 0 N–H and O–H groups in total. The number of aryl methyl sites for hydroxylation is 5. The van der Waals surface area contributed by atoms with Crippen molar-refractivity contribution >= 4 is 50.7 Å². The van der Waals surface area contributed by atoms with Gasteiger partial charge in [-0.3, -0.25) is 0 Å². The van der Waals surface area contributed by atoms with E-state index in [0.717, 1.165) is 5.22 Å². The predicted octanol–water partition coefficient (Wildman–Crippen LogP) is 7.10. The molecule has 1 nitrogen and oxygen atoms in total. The van der Waals surface area contributed by atoms with Gasteiger partial charge < -0.3 is 4.40 Å². The predicted molar refractivity (Wildman–Crippen MR) is 129 cm³/mol. The highest BCUT2D eigenvalue weighted by molar-refractivity contribution is 6.20. The van der Waals surface area contributed by atoms with Crippen molar-refractivity contribution in [2.75, 3.05) is 0 Å². The lowest BCUT2D eigenvalue weighted by Gasteiger charge is -2.16. The molecule has 0 fully saturated rings. The van der Waals surface area contributed by atoms with Crippen LogP contribution >= 0.6 is 0 Å². The van der Waals surface area contributed by atoms with Crippen molar-refractivity contribution in [2.24, 2.45) is 0 Å². The van der Waals surface area contributed by atoms with Crippen molar-refractivity contribution in [2.45, 2.75) is 41.5 Å². The fraction of sp³-hybridized carbons (Fsp3) is 0.214. The van der Waals surface area contributed by atoms with E-state index in [1.54, 1.807) is 0 Å². The number of fused-ring (bicyclic) bond motifs is 5. The van der Waals surface area contributed by atoms with Crippen LogP contribution in [0.1, 0.15) is 40.3 Å². The Morgan fingerprint density at radius 2 is 1.48 bits per heavy atom. The van der Waals surface area contributed by atoms with Crippen LogP contribution in [0.4, 0.5) is 0 Å². The molecule has 0 unspecified atom stereocenters. The number of hydrogen-bond acceptors (Lipinski definition) is 0. The number of pyridine rings is 1. The van der Waals surface area contributed by atoms with E-state index in [1.807, 2.05) is 0 Å². The van der Waals surface area contributed by atoms with Crippen LogP contribution in [-0.4, -0.2) is 4.40 Å². The molecule has 2 heterocycles. The third-order valence-corrected chi connectivity index (χ3v) is 6.84. The lowest BCUT2D eigenvalue weighted by Crippen LogP contribution is -2.11. The first kappa shape index (κ1) is 18.0. The summed E-state index contributed by atoms with van der Waals surface area (Å²) in [5.74, 6) is 0. The zero-order chi connectivity index (χ0) is 20.6. The average Bonchev–Trinajstić information content (AvgIpc) is 3.02. The Labute approximate surface area is 171 Å². The van der Waals surface area contributed by atoms with Gasteiger partial charge in [0.2, 0.25) is 0 Å². The van der Waals surface area contributed by atoms with Crippen LogP contribution in [0.15, 0.2) is 36.4 Å². The van der Waals surface area contributed by atoms with Gasteiger partial charge >= 0.3 is 0 Å². The Bertz CT molecular complexity index is 1560. The van der Waals surface area contributed by atoms with E-state index in [9.17, 15) is 0 Å². The Morgan fingerprint density at radius 3 is 2.21 bits per heavy atom. The van der Waals surface area contributed by atoms with Gasteiger partial charge in [-0.1, -0.05) is 43.0 Å². The highest BCUT2D eigenvalue weighted by atomic mass is 14.9. The van der Waals surface area contributed by atoms with Crippen LogP contribution in [0, 0.1) is 34.6 Å². The van der Waals surface area contributed by atoms with E-state index < -0.39 is 0 Å². The SMILES string of the molecule is C=c1c2c(C)c(C)cc(C)c2n2c3ccc(C)c(C)c3c3ccc(/C=C\C)c1c32. The molecule has 29 heavy (non-hydrogen) atoms. The number of allylic oxidation sites excluding steroid dienone is 1. The first-order chi connectivity index (χ1) is 13.9. The fourth-order valence-electron chi connectivity index (χ4n) is 5.21. The Hall–Kier alpha value is -3.06. The molecular weight excluding hydrogens is 350 g/mol. The van der Waals surface area contributed by atoms with E-state index in [2.05, 4.69) is 95.0 Å². The molecule has 0 aliphatic carbocycles. The summed E-state index contributed by atoms with van der Waals surface area (Å²) < 4.78 is 2.51. The topological polar surface area (TPSA) is 4.41 Å². The van der Waals surface area contributed by atoms with E-state index in [1.165, 1.54) is 71.5 Å². The number of benzene rings is 3. The lowest BCUT2D eigenvalue weighted by molar-refractivity contribution is 1.26. The Morgan fingerprint density at radius 1 is 0.759 bits per heavy atom. The zero-order valence-electron chi connectivity index (χ0n) is 18.2. The van der Waals surface area contributed by atoms with Crippen LogP contribution in [0.25, 0.3) is 50.7 Å². The third kappa shape index (κ3) is 2.16. The molecule has 1 heteroatoms. The molecule has 5 rings (SSSR count). The van der Waals surface area contributed by atoms with Gasteiger partial charge in [-0.15, -0.1) is 0 Å². The van der Waals surface area contributed by atoms with Crippen LogP contribution < -0.4 is 5.22 Å². The molecule has 0 radical (unpaired) electrons. The third-order valence-electron chi connectivity index (χ3n) is 6.84. The maximum Gasteiger partial charge on any atom is 0.0625 e. The van der Waals surface area contributed by atoms with Gasteiger partial charge in [0.1, 0.15) is 0 Å². The molecule has 3 aromatic carbocycles. The monoisotopic (exact) mass is 377 g/mol. The first-order valence-corrected chi connectivity index (χ1v) is 10.4. The molecule has 0 spiro atoms. The minimum Gasteiger partial charge on any atom is -0.308 e. The maximum atomic E-state index is 4.63. The smallest absolute Gasteiger partial charge is 0.0625 e. The first-order valence-electron chi connectivity index (χ1n) is 10.4. The summed E-state index contributed by atoms with van der Waals surface area (Å²) >= 11 is 0. The largest absolute Gasteiger partial charge is 0.308 e. The van der Waals surface area contributed by atoms with Crippen molar-refractivity contribution in [3.63, 3.8) is 0 Å². The minimum atomic E-state index is 1.15. The molecule has 0 aliphatic rings. The molecule has 144 valence electrons. The van der Waals surface area contributed by atoms with Crippen molar-refractivity contribution < 1.29 is 0 Å². The molecular formula is C28H27N.